The lowest BCUT2D eigenvalue weighted by Crippen LogP contribution is -2.30. The molecule has 2 aromatic rings. The van der Waals surface area contributed by atoms with Gasteiger partial charge in [0.05, 0.1) is 11.0 Å². The molecule has 0 aliphatic heterocycles. The zero-order chi connectivity index (χ0) is 20.1. The predicted octanol–water partition coefficient (Wildman–Crippen LogP) is 2.35. The number of hydrogen-bond acceptors (Lipinski definition) is 6. The van der Waals surface area contributed by atoms with Crippen molar-refractivity contribution in [2.24, 2.45) is 17.6 Å². The monoisotopic (exact) mass is 371 g/mol. The molecule has 0 spiro atoms. The van der Waals surface area contributed by atoms with Crippen molar-refractivity contribution in [2.45, 2.75) is 34.1 Å². The highest BCUT2D eigenvalue weighted by molar-refractivity contribution is 5.96. The van der Waals surface area contributed by atoms with Crippen LogP contribution in [0, 0.1) is 22.7 Å². The largest absolute Gasteiger partial charge is 0.367 e. The van der Waals surface area contributed by atoms with Gasteiger partial charge in [-0.15, -0.1) is 0 Å². The number of carbonyl (C=O) groups excluding carboxylic acids is 1. The van der Waals surface area contributed by atoms with Crippen LogP contribution in [0.3, 0.4) is 0 Å². The highest BCUT2D eigenvalue weighted by Gasteiger charge is 2.13. The van der Waals surface area contributed by atoms with Crippen LogP contribution in [0.5, 0.6) is 0 Å². The zero-order valence-corrected chi connectivity index (χ0v) is 16.4. The Hall–Kier alpha value is -2.74. The summed E-state index contributed by atoms with van der Waals surface area (Å²) in [6.07, 6.45) is 0.885. The summed E-state index contributed by atoms with van der Waals surface area (Å²) in [6.45, 7) is 8.63. The zero-order valence-electron chi connectivity index (χ0n) is 16.4. The fourth-order valence-electron chi connectivity index (χ4n) is 2.69. The van der Waals surface area contributed by atoms with E-state index in [0.29, 0.717) is 41.5 Å². The van der Waals surface area contributed by atoms with Gasteiger partial charge in [0.2, 0.25) is 5.91 Å². The molecule has 0 radical (unpaired) electrons. The number of nitrogens with one attached hydrogen (secondary N) is 4. The van der Waals surface area contributed by atoms with Gasteiger partial charge in [-0.25, -0.2) is 4.98 Å². The Morgan fingerprint density at radius 3 is 2.63 bits per heavy atom. The molecule has 1 heterocycles. The van der Waals surface area contributed by atoms with Crippen molar-refractivity contribution in [3.63, 3.8) is 0 Å². The van der Waals surface area contributed by atoms with Crippen LogP contribution in [0.15, 0.2) is 18.2 Å². The maximum atomic E-state index is 12.0. The third-order valence-corrected chi connectivity index (χ3v) is 4.30. The van der Waals surface area contributed by atoms with Gasteiger partial charge in [0.1, 0.15) is 5.84 Å². The van der Waals surface area contributed by atoms with Crippen LogP contribution in [0.4, 0.5) is 11.5 Å². The summed E-state index contributed by atoms with van der Waals surface area (Å²) in [6, 6.07) is 5.32. The molecule has 1 aromatic carbocycles. The molecule has 0 fully saturated rings. The van der Waals surface area contributed by atoms with Gasteiger partial charge in [-0.05, 0) is 44.0 Å². The molecule has 1 unspecified atom stereocenters. The van der Waals surface area contributed by atoms with Crippen molar-refractivity contribution in [3.8, 4) is 0 Å². The lowest BCUT2D eigenvalue weighted by atomic mass is 10.1. The number of hydrogen-bond donors (Lipinski definition) is 5. The molecule has 6 N–H and O–H groups in total. The number of aromatic nitrogens is 2. The number of nitrogens with zero attached hydrogens (tertiary/aromatic N) is 2. The number of amides is 1. The molecule has 146 valence electrons. The molecule has 8 nitrogen and oxygen atoms in total. The predicted molar refractivity (Wildman–Crippen MR) is 109 cm³/mol. The van der Waals surface area contributed by atoms with Gasteiger partial charge in [0.15, 0.2) is 11.3 Å². The first-order valence-corrected chi connectivity index (χ1v) is 9.16. The third kappa shape index (κ3) is 4.91. The van der Waals surface area contributed by atoms with Crippen LogP contribution in [0.1, 0.15) is 34.1 Å². The van der Waals surface area contributed by atoms with Gasteiger partial charge < -0.3 is 16.4 Å². The molecule has 8 heteroatoms. The van der Waals surface area contributed by atoms with Gasteiger partial charge in [0, 0.05) is 18.2 Å². The van der Waals surface area contributed by atoms with Gasteiger partial charge in [0.25, 0.3) is 0 Å². The normalized spacial score (nSPS) is 12.2. The molecule has 2 rings (SSSR count). The van der Waals surface area contributed by atoms with Crippen LogP contribution in [0.25, 0.3) is 11.0 Å². The third-order valence-electron chi connectivity index (χ3n) is 4.30. The van der Waals surface area contributed by atoms with Crippen LogP contribution in [-0.4, -0.2) is 34.4 Å². The molecule has 0 aliphatic carbocycles. The molecule has 0 saturated heterocycles. The molecular weight excluding hydrogens is 342 g/mol. The molecule has 0 saturated carbocycles. The summed E-state index contributed by atoms with van der Waals surface area (Å²) in [5, 5.41) is 22.6. The van der Waals surface area contributed by atoms with E-state index in [2.05, 4.69) is 22.5 Å². The smallest absolute Gasteiger partial charge is 0.226 e. The maximum Gasteiger partial charge on any atom is 0.226 e. The Kier molecular flexibility index (Phi) is 6.68. The van der Waals surface area contributed by atoms with Gasteiger partial charge in [-0.1, -0.05) is 20.8 Å². The average Bonchev–Trinajstić information content (AvgIpc) is 2.59. The Balaban J connectivity index is 2.46. The Morgan fingerprint density at radius 2 is 2.04 bits per heavy atom. The summed E-state index contributed by atoms with van der Waals surface area (Å²) < 4.78 is 1.52. The van der Waals surface area contributed by atoms with Crippen molar-refractivity contribution in [2.75, 3.05) is 23.7 Å². The second-order valence-corrected chi connectivity index (χ2v) is 7.14. The SMILES string of the molecule is CC(=N)n1c(=N)c(NCC(C)CCN)nc2ccc(NC(=O)C(C)C)cc21. The van der Waals surface area contributed by atoms with Crippen molar-refractivity contribution >= 4 is 34.3 Å². The fourth-order valence-corrected chi connectivity index (χ4v) is 2.69. The molecular formula is C19H29N7O. The number of nitrogens with two attached hydrogens (primary N) is 1. The quantitative estimate of drug-likeness (QED) is 0.377. The van der Waals surface area contributed by atoms with Gasteiger partial charge in [-0.3, -0.25) is 20.2 Å². The van der Waals surface area contributed by atoms with E-state index in [1.54, 1.807) is 25.1 Å². The average molecular weight is 371 g/mol. The summed E-state index contributed by atoms with van der Waals surface area (Å²) in [7, 11) is 0. The summed E-state index contributed by atoms with van der Waals surface area (Å²) in [5.74, 6) is 0.771. The lowest BCUT2D eigenvalue weighted by Gasteiger charge is -2.17. The van der Waals surface area contributed by atoms with E-state index in [1.807, 2.05) is 13.8 Å². The van der Waals surface area contributed by atoms with Crippen LogP contribution < -0.4 is 21.9 Å². The highest BCUT2D eigenvalue weighted by atomic mass is 16.1. The standard InChI is InChI=1S/C19H29N7O/c1-11(2)19(27)24-14-5-6-15-16(9-14)26(13(4)21)17(22)18(25-15)23-10-12(3)7-8-20/h5-6,9,11-12,21-22H,7-8,10,20H2,1-4H3,(H,23,25)(H,24,27). The Morgan fingerprint density at radius 1 is 1.33 bits per heavy atom. The number of fused-ring (bicyclic) bond motifs is 1. The van der Waals surface area contributed by atoms with Crippen molar-refractivity contribution in [1.29, 1.82) is 10.8 Å². The number of benzene rings is 1. The van der Waals surface area contributed by atoms with E-state index >= 15 is 0 Å². The first kappa shape index (κ1) is 20.6. The minimum absolute atomic E-state index is 0.0845. The van der Waals surface area contributed by atoms with E-state index in [9.17, 15) is 4.79 Å². The van der Waals surface area contributed by atoms with E-state index in [0.717, 1.165) is 6.42 Å². The van der Waals surface area contributed by atoms with Crippen LogP contribution >= 0.6 is 0 Å². The Labute approximate surface area is 159 Å². The van der Waals surface area contributed by atoms with Gasteiger partial charge >= 0.3 is 0 Å². The molecule has 1 atom stereocenters. The number of carbonyl (C=O) groups is 1. The fraction of sp³-hybridized carbons (Fsp3) is 0.474. The van der Waals surface area contributed by atoms with Crippen LogP contribution in [-0.2, 0) is 4.79 Å². The maximum absolute atomic E-state index is 12.0. The van der Waals surface area contributed by atoms with Gasteiger partial charge in [-0.2, -0.15) is 0 Å². The second kappa shape index (κ2) is 8.77. The number of rotatable bonds is 7. The minimum atomic E-state index is -0.135. The first-order valence-electron chi connectivity index (χ1n) is 9.16. The first-order chi connectivity index (χ1) is 12.7. The van der Waals surface area contributed by atoms with Crippen molar-refractivity contribution < 1.29 is 4.79 Å². The van der Waals surface area contributed by atoms with E-state index in [4.69, 9.17) is 16.6 Å². The molecule has 27 heavy (non-hydrogen) atoms. The summed E-state index contributed by atoms with van der Waals surface area (Å²) in [4.78, 5) is 16.5. The molecule has 0 bridgehead atoms. The highest BCUT2D eigenvalue weighted by Crippen LogP contribution is 2.19. The van der Waals surface area contributed by atoms with E-state index in [1.165, 1.54) is 4.57 Å². The molecule has 1 aromatic heterocycles. The molecule has 1 amide bonds. The van der Waals surface area contributed by atoms with Crippen molar-refractivity contribution in [1.82, 2.24) is 9.55 Å². The second-order valence-electron chi connectivity index (χ2n) is 7.14. The lowest BCUT2D eigenvalue weighted by molar-refractivity contribution is -0.118. The summed E-state index contributed by atoms with van der Waals surface area (Å²) in [5.41, 5.74) is 7.58. The van der Waals surface area contributed by atoms with Crippen molar-refractivity contribution in [3.05, 3.63) is 23.7 Å². The number of anilines is 2. The molecule has 0 aliphatic rings. The minimum Gasteiger partial charge on any atom is -0.367 e. The van der Waals surface area contributed by atoms with E-state index < -0.39 is 0 Å². The Bertz CT molecular complexity index is 901. The summed E-state index contributed by atoms with van der Waals surface area (Å²) >= 11 is 0. The topological polar surface area (TPSA) is 133 Å². The van der Waals surface area contributed by atoms with Crippen LogP contribution in [0.2, 0.25) is 0 Å². The van der Waals surface area contributed by atoms with E-state index in [-0.39, 0.29) is 23.1 Å².